The van der Waals surface area contributed by atoms with E-state index in [0.29, 0.717) is 20.4 Å². The maximum atomic E-state index is 13.9. The van der Waals surface area contributed by atoms with Gasteiger partial charge in [-0.15, -0.1) is 0 Å². The molecule has 2 aromatic carbocycles. The van der Waals surface area contributed by atoms with Gasteiger partial charge in [0.05, 0.1) is 34.4 Å². The molecule has 39 heavy (non-hydrogen) atoms. The first-order valence-corrected chi connectivity index (χ1v) is 13.7. The van der Waals surface area contributed by atoms with Crippen molar-refractivity contribution < 1.29 is 19.4 Å². The summed E-state index contributed by atoms with van der Waals surface area (Å²) in [6.45, 7) is 3.62. The van der Waals surface area contributed by atoms with Crippen LogP contribution in [-0.2, 0) is 16.1 Å². The number of halogens is 1. The zero-order valence-electron chi connectivity index (χ0n) is 21.6. The second kappa shape index (κ2) is 8.94. The summed E-state index contributed by atoms with van der Waals surface area (Å²) < 4.78 is 9.96. The predicted octanol–water partition coefficient (Wildman–Crippen LogP) is 3.51. The van der Waals surface area contributed by atoms with E-state index >= 15 is 0 Å². The Hall–Kier alpha value is -3.67. The third-order valence-electron chi connectivity index (χ3n) is 8.52. The van der Waals surface area contributed by atoms with Gasteiger partial charge in [0.1, 0.15) is 0 Å². The number of ether oxygens (including phenoxy) is 1. The van der Waals surface area contributed by atoms with Gasteiger partial charge in [0.15, 0.2) is 23.1 Å². The van der Waals surface area contributed by atoms with Crippen LogP contribution in [0, 0.1) is 14.9 Å². The molecule has 6 rings (SSSR count). The van der Waals surface area contributed by atoms with Crippen molar-refractivity contribution in [3.8, 4) is 17.2 Å². The van der Waals surface area contributed by atoms with Crippen molar-refractivity contribution in [3.63, 3.8) is 0 Å². The highest BCUT2D eigenvalue weighted by Gasteiger charge is 2.59. The Morgan fingerprint density at radius 2 is 1.79 bits per heavy atom. The van der Waals surface area contributed by atoms with E-state index in [1.807, 2.05) is 41.7 Å². The first-order valence-electron chi connectivity index (χ1n) is 12.6. The molecular weight excluding hydrogens is 613 g/mol. The summed E-state index contributed by atoms with van der Waals surface area (Å²) in [4.78, 5) is 54.7. The lowest BCUT2D eigenvalue weighted by Crippen LogP contribution is -2.54. The lowest BCUT2D eigenvalue weighted by Gasteiger charge is -2.52. The highest BCUT2D eigenvalue weighted by Crippen LogP contribution is 2.60. The summed E-state index contributed by atoms with van der Waals surface area (Å²) in [7, 11) is 1.45. The highest BCUT2D eigenvalue weighted by molar-refractivity contribution is 14.1. The van der Waals surface area contributed by atoms with Gasteiger partial charge in [0, 0.05) is 11.8 Å². The van der Waals surface area contributed by atoms with Gasteiger partial charge in [-0.25, -0.2) is 23.5 Å². The summed E-state index contributed by atoms with van der Waals surface area (Å²) in [5.41, 5.74) is 0.249. The minimum absolute atomic E-state index is 0.0133. The van der Waals surface area contributed by atoms with Crippen LogP contribution in [0.5, 0.6) is 11.5 Å². The number of hydrogen-bond donors (Lipinski definition) is 1. The number of ketones is 2. The van der Waals surface area contributed by atoms with Crippen molar-refractivity contribution in [1.29, 1.82) is 0 Å². The molecule has 2 heterocycles. The summed E-state index contributed by atoms with van der Waals surface area (Å²) in [5, 5.41) is 10.5. The Morgan fingerprint density at radius 3 is 2.49 bits per heavy atom. The smallest absolute Gasteiger partial charge is 0.352 e. The van der Waals surface area contributed by atoms with E-state index in [4.69, 9.17) is 4.74 Å². The number of carbonyl (C=O) groups excluding carboxylic acids is 2. The lowest BCUT2D eigenvalue weighted by atomic mass is 9.51. The number of benzene rings is 2. The number of para-hydroxylation sites is 1. The van der Waals surface area contributed by atoms with E-state index in [9.17, 15) is 24.3 Å². The number of hydrogen-bond acceptors (Lipinski definition) is 6. The molecule has 1 aliphatic heterocycles. The van der Waals surface area contributed by atoms with Crippen molar-refractivity contribution in [3.05, 3.63) is 95.9 Å². The van der Waals surface area contributed by atoms with Gasteiger partial charge in [-0.2, -0.15) is 0 Å². The first-order chi connectivity index (χ1) is 18.6. The molecule has 0 bridgehead atoms. The Balaban J connectivity index is 1.61. The van der Waals surface area contributed by atoms with Crippen molar-refractivity contribution in [2.24, 2.45) is 11.3 Å². The van der Waals surface area contributed by atoms with Gasteiger partial charge in [0.25, 0.3) is 0 Å². The molecule has 10 heteroatoms. The summed E-state index contributed by atoms with van der Waals surface area (Å²) in [5.74, 6) is -1.38. The molecule has 4 atom stereocenters. The van der Waals surface area contributed by atoms with Crippen LogP contribution in [0.25, 0.3) is 5.69 Å². The molecule has 1 saturated carbocycles. The number of phenols is 1. The zero-order chi connectivity index (χ0) is 27.8. The molecule has 1 fully saturated rings. The molecule has 0 amide bonds. The lowest BCUT2D eigenvalue weighted by molar-refractivity contribution is -0.139. The first kappa shape index (κ1) is 25.6. The average Bonchev–Trinajstić information content (AvgIpc) is 3.18. The van der Waals surface area contributed by atoms with Gasteiger partial charge in [-0.1, -0.05) is 31.2 Å². The number of phenolic OH excluding ortho intramolecular Hbond substituents is 1. The topological polar surface area (TPSA) is 113 Å². The molecular formula is C29H26IN3O6. The number of aromatic hydroxyl groups is 1. The van der Waals surface area contributed by atoms with Crippen LogP contribution in [0.15, 0.2) is 75.4 Å². The molecule has 1 N–H and O–H groups in total. The monoisotopic (exact) mass is 639 g/mol. The Bertz CT molecular complexity index is 1740. The molecule has 200 valence electrons. The number of fused-ring (bicyclic) bond motifs is 4. The van der Waals surface area contributed by atoms with Crippen LogP contribution in [0.4, 0.5) is 0 Å². The summed E-state index contributed by atoms with van der Waals surface area (Å²) in [6, 6.07) is 11.6. The second-order valence-corrected chi connectivity index (χ2v) is 11.7. The number of allylic oxidation sites excluding steroid dienone is 4. The van der Waals surface area contributed by atoms with Crippen molar-refractivity contribution in [2.75, 3.05) is 7.11 Å². The zero-order valence-corrected chi connectivity index (χ0v) is 23.7. The normalized spacial score (nSPS) is 25.8. The van der Waals surface area contributed by atoms with Crippen LogP contribution < -0.4 is 16.1 Å². The van der Waals surface area contributed by atoms with Crippen LogP contribution in [-0.4, -0.2) is 37.7 Å². The maximum absolute atomic E-state index is 13.9. The summed E-state index contributed by atoms with van der Waals surface area (Å²) in [6.07, 6.45) is 3.51. The number of methoxy groups -OCH3 is 1. The molecule has 0 radical (unpaired) electrons. The van der Waals surface area contributed by atoms with E-state index in [-0.39, 0.29) is 36.0 Å². The van der Waals surface area contributed by atoms with Crippen LogP contribution in [0.1, 0.15) is 37.8 Å². The van der Waals surface area contributed by atoms with E-state index in [1.165, 1.54) is 22.5 Å². The molecule has 2 aliphatic carbocycles. The molecule has 0 saturated heterocycles. The molecule has 3 aliphatic rings. The summed E-state index contributed by atoms with van der Waals surface area (Å²) >= 11 is 2.01. The van der Waals surface area contributed by atoms with Crippen LogP contribution >= 0.6 is 22.6 Å². The van der Waals surface area contributed by atoms with Crippen molar-refractivity contribution in [2.45, 2.75) is 38.8 Å². The van der Waals surface area contributed by atoms with E-state index in [1.54, 1.807) is 43.3 Å². The molecule has 0 spiro atoms. The van der Waals surface area contributed by atoms with E-state index < -0.39 is 34.7 Å². The number of Topliss-reactive ketones (excluding diaryl/α,β-unsaturated/α-hetero) is 1. The van der Waals surface area contributed by atoms with Gasteiger partial charge >= 0.3 is 11.4 Å². The Kier molecular flexibility index (Phi) is 5.87. The third kappa shape index (κ3) is 3.49. The van der Waals surface area contributed by atoms with Crippen molar-refractivity contribution >= 4 is 34.2 Å². The van der Waals surface area contributed by atoms with Gasteiger partial charge in [-0.3, -0.25) is 9.59 Å². The fraction of sp³-hybridized carbons (Fsp3) is 0.310. The highest BCUT2D eigenvalue weighted by atomic mass is 127. The third-order valence-corrected chi connectivity index (χ3v) is 9.35. The Morgan fingerprint density at radius 1 is 1.08 bits per heavy atom. The quantitative estimate of drug-likeness (QED) is 0.347. The van der Waals surface area contributed by atoms with Crippen molar-refractivity contribution in [1.82, 2.24) is 13.9 Å². The molecule has 1 aromatic heterocycles. The SMILES string of the molecule is COc1cc([C@H]2C3=CCn4c(=O)n(-c5ccccc5)c(=O)n4[C@@H]3C[C@H]3C(=O)C=C(C)C(=O)[C@@]23C)cc(I)c1O. The van der Waals surface area contributed by atoms with E-state index in [0.717, 1.165) is 10.1 Å². The minimum Gasteiger partial charge on any atom is -0.504 e. The predicted molar refractivity (Wildman–Crippen MR) is 152 cm³/mol. The van der Waals surface area contributed by atoms with Gasteiger partial charge in [0.2, 0.25) is 0 Å². The second-order valence-electron chi connectivity index (χ2n) is 10.5. The standard InChI is InChI=1S/C29H26IN3O6/c1-15-11-22(34)19-14-21-18(9-10-31-27(37)32(28(38)33(21)31)17-7-5-4-6-8-17)24(29(19,2)26(15)36)16-12-20(30)25(35)23(13-16)39-3/h4-9,11-13,19,21,24,35H,10,14H2,1-3H3/t19-,21+,24-,29+/m0/s1. The maximum Gasteiger partial charge on any atom is 0.352 e. The minimum atomic E-state index is -1.13. The number of carbonyl (C=O) groups is 2. The van der Waals surface area contributed by atoms with E-state index in [2.05, 4.69) is 0 Å². The molecule has 9 nitrogen and oxygen atoms in total. The fourth-order valence-electron chi connectivity index (χ4n) is 6.75. The number of nitrogens with zero attached hydrogens (tertiary/aromatic N) is 3. The van der Waals surface area contributed by atoms with Gasteiger partial charge < -0.3 is 9.84 Å². The van der Waals surface area contributed by atoms with Crippen LogP contribution in [0.3, 0.4) is 0 Å². The fourth-order valence-corrected chi connectivity index (χ4v) is 7.38. The molecule has 3 aromatic rings. The largest absolute Gasteiger partial charge is 0.504 e. The average molecular weight is 639 g/mol. The Labute approximate surface area is 237 Å². The van der Waals surface area contributed by atoms with Gasteiger partial charge in [-0.05, 0) is 83.0 Å². The van der Waals surface area contributed by atoms with Crippen LogP contribution in [0.2, 0.25) is 0 Å². The number of rotatable bonds is 3. The number of aromatic nitrogens is 3. The molecule has 0 unspecified atom stereocenters.